The Labute approximate surface area is 175 Å². The van der Waals surface area contributed by atoms with Crippen molar-refractivity contribution < 1.29 is 4.74 Å². The van der Waals surface area contributed by atoms with Crippen LogP contribution in [0.3, 0.4) is 0 Å². The summed E-state index contributed by atoms with van der Waals surface area (Å²) in [5.41, 5.74) is 6.10. The summed E-state index contributed by atoms with van der Waals surface area (Å²) in [7, 11) is 0. The Kier molecular flexibility index (Phi) is 4.88. The van der Waals surface area contributed by atoms with E-state index in [1.807, 2.05) is 60.9 Å². The van der Waals surface area contributed by atoms with Crippen LogP contribution in [-0.4, -0.2) is 9.97 Å². The van der Waals surface area contributed by atoms with Crippen molar-refractivity contribution in [1.82, 2.24) is 9.97 Å². The van der Waals surface area contributed by atoms with Gasteiger partial charge in [0.05, 0.1) is 17.4 Å². The van der Waals surface area contributed by atoms with Gasteiger partial charge in [-0.1, -0.05) is 66.7 Å². The van der Waals surface area contributed by atoms with E-state index in [9.17, 15) is 0 Å². The minimum Gasteiger partial charge on any atom is -0.472 e. The molecule has 0 aliphatic heterocycles. The molecule has 0 radical (unpaired) electrons. The van der Waals surface area contributed by atoms with Crippen LogP contribution in [0.1, 0.15) is 5.56 Å². The molecule has 0 unspecified atom stereocenters. The molecule has 3 aromatic carbocycles. The first-order valence-corrected chi connectivity index (χ1v) is 9.92. The predicted molar refractivity (Wildman–Crippen MR) is 122 cm³/mol. The molecule has 0 spiro atoms. The number of benzene rings is 3. The van der Waals surface area contributed by atoms with Crippen molar-refractivity contribution in [3.05, 3.63) is 109 Å². The molecule has 0 aliphatic rings. The number of nitrogens with one attached hydrogen (secondary N) is 2. The summed E-state index contributed by atoms with van der Waals surface area (Å²) in [4.78, 5) is 8.01. The zero-order valence-corrected chi connectivity index (χ0v) is 16.4. The lowest BCUT2D eigenvalue weighted by molar-refractivity contribution is 0.295. The lowest BCUT2D eigenvalue weighted by Crippen LogP contribution is -2.01. The lowest BCUT2D eigenvalue weighted by Gasteiger charge is -2.14. The molecule has 0 saturated heterocycles. The molecule has 0 atom stereocenters. The predicted octanol–water partition coefficient (Wildman–Crippen LogP) is 6.55. The van der Waals surface area contributed by atoms with Crippen molar-refractivity contribution in [2.45, 2.75) is 6.61 Å². The number of nitrogens with zero attached hydrogens (tertiary/aromatic N) is 1. The van der Waals surface area contributed by atoms with E-state index >= 15 is 0 Å². The summed E-state index contributed by atoms with van der Waals surface area (Å²) >= 11 is 0. The van der Waals surface area contributed by atoms with E-state index in [1.54, 1.807) is 0 Å². The molecule has 2 heterocycles. The largest absolute Gasteiger partial charge is 0.472 e. The Balaban J connectivity index is 1.55. The number of aromatic nitrogens is 2. The zero-order valence-electron chi connectivity index (χ0n) is 16.4. The molecular formula is C26H21N3O. The van der Waals surface area contributed by atoms with E-state index < -0.39 is 0 Å². The SMILES string of the molecule is c1ccc(COc2ncc(Nc3ccccc3)cc2-c2cccc3cc[nH]c23)cc1. The molecule has 30 heavy (non-hydrogen) atoms. The van der Waals surface area contributed by atoms with E-state index in [2.05, 4.69) is 57.7 Å². The second-order valence-corrected chi connectivity index (χ2v) is 7.09. The second kappa shape index (κ2) is 8.13. The van der Waals surface area contributed by atoms with E-state index in [0.29, 0.717) is 12.5 Å². The number of hydrogen-bond donors (Lipinski definition) is 2. The van der Waals surface area contributed by atoms with Gasteiger partial charge in [0.15, 0.2) is 0 Å². The number of ether oxygens (including phenoxy) is 1. The van der Waals surface area contributed by atoms with Gasteiger partial charge >= 0.3 is 0 Å². The Morgan fingerprint density at radius 3 is 2.40 bits per heavy atom. The summed E-state index contributed by atoms with van der Waals surface area (Å²) in [6.07, 6.45) is 3.77. The highest BCUT2D eigenvalue weighted by Crippen LogP contribution is 2.36. The third-order valence-corrected chi connectivity index (χ3v) is 5.01. The molecule has 5 aromatic rings. The van der Waals surface area contributed by atoms with Crippen LogP contribution in [-0.2, 0) is 6.61 Å². The number of para-hydroxylation sites is 2. The summed E-state index contributed by atoms with van der Waals surface area (Å²) in [5.74, 6) is 0.611. The van der Waals surface area contributed by atoms with Crippen molar-refractivity contribution in [2.75, 3.05) is 5.32 Å². The van der Waals surface area contributed by atoms with Crippen LogP contribution in [0.15, 0.2) is 103 Å². The lowest BCUT2D eigenvalue weighted by atomic mass is 10.0. The average Bonchev–Trinajstić information content (AvgIpc) is 3.29. The standard InChI is InChI=1S/C26H21N3O/c1-3-8-19(9-4-1)18-30-26-24(23-13-7-10-20-14-15-27-25(20)23)16-22(17-28-26)29-21-11-5-2-6-12-21/h1-17,27,29H,18H2. The maximum absolute atomic E-state index is 6.16. The Hall–Kier alpha value is -4.05. The third kappa shape index (κ3) is 3.76. The number of pyridine rings is 1. The molecule has 0 bridgehead atoms. The molecule has 0 amide bonds. The quantitative estimate of drug-likeness (QED) is 0.345. The van der Waals surface area contributed by atoms with Gasteiger partial charge in [-0.25, -0.2) is 4.98 Å². The van der Waals surface area contributed by atoms with Gasteiger partial charge < -0.3 is 15.0 Å². The number of fused-ring (bicyclic) bond motifs is 1. The molecule has 2 N–H and O–H groups in total. The van der Waals surface area contributed by atoms with Gasteiger partial charge in [-0.2, -0.15) is 0 Å². The summed E-state index contributed by atoms with van der Waals surface area (Å²) < 4.78 is 6.16. The number of rotatable bonds is 6. The van der Waals surface area contributed by atoms with Crippen LogP contribution in [0, 0.1) is 0 Å². The second-order valence-electron chi connectivity index (χ2n) is 7.09. The first kappa shape index (κ1) is 18.0. The number of hydrogen-bond acceptors (Lipinski definition) is 3. The minimum atomic E-state index is 0.465. The smallest absolute Gasteiger partial charge is 0.221 e. The monoisotopic (exact) mass is 391 g/mol. The van der Waals surface area contributed by atoms with Gasteiger partial charge in [-0.05, 0) is 35.2 Å². The Morgan fingerprint density at radius 1 is 0.767 bits per heavy atom. The molecule has 0 saturated carbocycles. The maximum atomic E-state index is 6.16. The van der Waals surface area contributed by atoms with Gasteiger partial charge in [0.1, 0.15) is 6.61 Å². The van der Waals surface area contributed by atoms with Crippen LogP contribution < -0.4 is 10.1 Å². The van der Waals surface area contributed by atoms with Crippen LogP contribution in [0.2, 0.25) is 0 Å². The van der Waals surface area contributed by atoms with Gasteiger partial charge in [0.25, 0.3) is 0 Å². The van der Waals surface area contributed by atoms with Crippen molar-refractivity contribution in [3.63, 3.8) is 0 Å². The summed E-state index contributed by atoms with van der Waals surface area (Å²) in [5, 5.41) is 4.58. The van der Waals surface area contributed by atoms with Crippen LogP contribution in [0.4, 0.5) is 11.4 Å². The van der Waals surface area contributed by atoms with Gasteiger partial charge in [0.2, 0.25) is 5.88 Å². The first-order chi connectivity index (χ1) is 14.9. The molecule has 2 aromatic heterocycles. The maximum Gasteiger partial charge on any atom is 0.221 e. The van der Waals surface area contributed by atoms with Crippen LogP contribution >= 0.6 is 0 Å². The summed E-state index contributed by atoms with van der Waals surface area (Å²) in [6, 6.07) is 30.6. The van der Waals surface area contributed by atoms with E-state index in [1.165, 1.54) is 0 Å². The van der Waals surface area contributed by atoms with E-state index in [0.717, 1.165) is 39.0 Å². The van der Waals surface area contributed by atoms with Crippen molar-refractivity contribution in [1.29, 1.82) is 0 Å². The topological polar surface area (TPSA) is 49.9 Å². The van der Waals surface area contributed by atoms with E-state index in [-0.39, 0.29) is 0 Å². The molecule has 5 rings (SSSR count). The van der Waals surface area contributed by atoms with Crippen LogP contribution in [0.25, 0.3) is 22.0 Å². The average molecular weight is 391 g/mol. The van der Waals surface area contributed by atoms with E-state index in [4.69, 9.17) is 4.74 Å². The first-order valence-electron chi connectivity index (χ1n) is 9.92. The Morgan fingerprint density at radius 2 is 1.57 bits per heavy atom. The number of H-pyrrole nitrogens is 1. The molecule has 4 heteroatoms. The normalized spacial score (nSPS) is 10.8. The molecule has 146 valence electrons. The third-order valence-electron chi connectivity index (χ3n) is 5.01. The molecule has 0 fully saturated rings. The van der Waals surface area contributed by atoms with Crippen molar-refractivity contribution in [2.24, 2.45) is 0 Å². The molecular weight excluding hydrogens is 370 g/mol. The highest BCUT2D eigenvalue weighted by Gasteiger charge is 2.14. The van der Waals surface area contributed by atoms with Gasteiger partial charge in [0, 0.05) is 23.0 Å². The fourth-order valence-electron chi connectivity index (χ4n) is 3.55. The van der Waals surface area contributed by atoms with Crippen LogP contribution in [0.5, 0.6) is 5.88 Å². The number of aromatic amines is 1. The van der Waals surface area contributed by atoms with Crippen molar-refractivity contribution in [3.8, 4) is 17.0 Å². The molecule has 4 nitrogen and oxygen atoms in total. The van der Waals surface area contributed by atoms with Gasteiger partial charge in [-0.3, -0.25) is 0 Å². The highest BCUT2D eigenvalue weighted by atomic mass is 16.5. The highest BCUT2D eigenvalue weighted by molar-refractivity contribution is 5.95. The number of anilines is 2. The Bertz CT molecular complexity index is 1260. The fraction of sp³-hybridized carbons (Fsp3) is 0.0385. The zero-order chi connectivity index (χ0) is 20.2. The molecule has 0 aliphatic carbocycles. The van der Waals surface area contributed by atoms with Gasteiger partial charge in [-0.15, -0.1) is 0 Å². The summed E-state index contributed by atoms with van der Waals surface area (Å²) in [6.45, 7) is 0.465. The minimum absolute atomic E-state index is 0.465. The fourth-order valence-corrected chi connectivity index (χ4v) is 3.55. The van der Waals surface area contributed by atoms with Crippen molar-refractivity contribution >= 4 is 22.3 Å².